The zero-order chi connectivity index (χ0) is 10.2. The van der Waals surface area contributed by atoms with Gasteiger partial charge in [-0.2, -0.15) is 0 Å². The number of rotatable bonds is 5. The summed E-state index contributed by atoms with van der Waals surface area (Å²) in [5.41, 5.74) is 1.63. The van der Waals surface area contributed by atoms with Crippen molar-refractivity contribution in [1.29, 1.82) is 0 Å². The van der Waals surface area contributed by atoms with Crippen LogP contribution in [0.3, 0.4) is 0 Å². The fraction of sp³-hybridized carbons (Fsp3) is 0.538. The first-order chi connectivity index (χ1) is 6.83. The maximum Gasteiger partial charge on any atom is -0.00909 e. The maximum absolute atomic E-state index is 2.43. The van der Waals surface area contributed by atoms with E-state index in [1.54, 1.807) is 5.57 Å². The largest absolute Gasteiger partial charge is 0.0888 e. The summed E-state index contributed by atoms with van der Waals surface area (Å²) in [6.45, 7) is 2.19. The van der Waals surface area contributed by atoms with E-state index in [1.807, 2.05) is 0 Å². The molecule has 0 saturated carbocycles. The molecule has 1 heteroatoms. The molecule has 1 aliphatic carbocycles. The highest BCUT2D eigenvalue weighted by Crippen LogP contribution is 2.25. The highest BCUT2D eigenvalue weighted by Gasteiger charge is 2.02. The van der Waals surface area contributed by atoms with E-state index in [9.17, 15) is 0 Å². The van der Waals surface area contributed by atoms with Gasteiger partial charge in [-0.15, -0.1) is 0 Å². The van der Waals surface area contributed by atoms with Crippen molar-refractivity contribution in [2.45, 2.75) is 45.4 Å². The quantitative estimate of drug-likeness (QED) is 0.374. The van der Waals surface area contributed by atoms with Crippen LogP contribution >= 0.6 is 22.6 Å². The van der Waals surface area contributed by atoms with Crippen molar-refractivity contribution in [2.75, 3.05) is 0 Å². The highest BCUT2D eigenvalue weighted by atomic mass is 127. The van der Waals surface area contributed by atoms with Gasteiger partial charge in [0.15, 0.2) is 0 Å². The van der Waals surface area contributed by atoms with Gasteiger partial charge in [-0.1, -0.05) is 36.8 Å². The molecule has 0 saturated heterocycles. The van der Waals surface area contributed by atoms with Gasteiger partial charge in [-0.25, -0.2) is 0 Å². The molecule has 0 radical (unpaired) electrons. The van der Waals surface area contributed by atoms with Crippen molar-refractivity contribution < 1.29 is 0 Å². The van der Waals surface area contributed by atoms with Gasteiger partial charge in [0.2, 0.25) is 0 Å². The van der Waals surface area contributed by atoms with Gasteiger partial charge >= 0.3 is 0 Å². The molecule has 0 N–H and O–H groups in total. The summed E-state index contributed by atoms with van der Waals surface area (Å²) in [5, 5.41) is 0. The molecule has 0 aromatic carbocycles. The number of halogens is 1. The topological polar surface area (TPSA) is 0 Å². The van der Waals surface area contributed by atoms with Gasteiger partial charge in [-0.3, -0.25) is 0 Å². The van der Waals surface area contributed by atoms with Gasteiger partial charge in [0.25, 0.3) is 0 Å². The van der Waals surface area contributed by atoms with Gasteiger partial charge in [0, 0.05) is 0 Å². The lowest BCUT2D eigenvalue weighted by Gasteiger charge is -2.10. The molecule has 0 atom stereocenters. The van der Waals surface area contributed by atoms with E-state index in [0.717, 1.165) is 0 Å². The van der Waals surface area contributed by atoms with Crippen molar-refractivity contribution in [2.24, 2.45) is 0 Å². The minimum Gasteiger partial charge on any atom is -0.0888 e. The Labute approximate surface area is 101 Å². The first-order valence-electron chi connectivity index (χ1n) is 5.52. The molecule has 0 heterocycles. The number of unbranched alkanes of at least 4 members (excludes halogenated alkanes) is 1. The maximum atomic E-state index is 2.43. The smallest absolute Gasteiger partial charge is 0.00909 e. The van der Waals surface area contributed by atoms with Crippen LogP contribution in [0.25, 0.3) is 0 Å². The summed E-state index contributed by atoms with van der Waals surface area (Å²) < 4.78 is 1.50. The molecule has 0 bridgehead atoms. The Bertz CT molecular complexity index is 246. The Kier molecular flexibility index (Phi) is 6.24. The minimum absolute atomic E-state index is 1.17. The summed E-state index contributed by atoms with van der Waals surface area (Å²) in [6.07, 6.45) is 16.7. The Morgan fingerprint density at radius 3 is 2.79 bits per heavy atom. The van der Waals surface area contributed by atoms with Gasteiger partial charge in [0.1, 0.15) is 0 Å². The summed E-state index contributed by atoms with van der Waals surface area (Å²) in [4.78, 5) is 0. The fourth-order valence-electron chi connectivity index (χ4n) is 1.59. The van der Waals surface area contributed by atoms with Crippen LogP contribution in [0.1, 0.15) is 45.4 Å². The van der Waals surface area contributed by atoms with Gasteiger partial charge in [0.05, 0.1) is 0 Å². The number of hydrogen-bond acceptors (Lipinski definition) is 0. The Morgan fingerprint density at radius 1 is 1.29 bits per heavy atom. The third-order valence-electron chi connectivity index (χ3n) is 2.46. The van der Waals surface area contributed by atoms with Crippen LogP contribution < -0.4 is 0 Å². The lowest BCUT2D eigenvalue weighted by molar-refractivity contribution is 0.778. The average molecular weight is 302 g/mol. The summed E-state index contributed by atoms with van der Waals surface area (Å²) in [7, 11) is 0. The fourth-order valence-corrected chi connectivity index (χ4v) is 2.04. The summed E-state index contributed by atoms with van der Waals surface area (Å²) >= 11 is 2.43. The molecule has 78 valence electrons. The Morgan fingerprint density at radius 2 is 2.14 bits per heavy atom. The standard InChI is InChI=1S/C13H19I/c1-2-3-4-5-6-7-12-8-10-13(14)11-9-12/h3-4,8,10H,2,5-7,9,11H2,1H3/b4-3-. The molecule has 0 spiro atoms. The monoisotopic (exact) mass is 302 g/mol. The second-order valence-electron chi connectivity index (χ2n) is 3.71. The normalized spacial score (nSPS) is 17.0. The molecule has 0 amide bonds. The van der Waals surface area contributed by atoms with E-state index >= 15 is 0 Å². The molecule has 0 aromatic rings. The van der Waals surface area contributed by atoms with E-state index in [2.05, 4.69) is 53.8 Å². The lowest BCUT2D eigenvalue weighted by Crippen LogP contribution is -1.89. The molecule has 0 nitrogen and oxygen atoms in total. The molecule has 1 aliphatic rings. The van der Waals surface area contributed by atoms with Crippen LogP contribution in [0.4, 0.5) is 0 Å². The van der Waals surface area contributed by atoms with Gasteiger partial charge in [-0.05, 0) is 64.7 Å². The number of hydrogen-bond donors (Lipinski definition) is 0. The second-order valence-corrected chi connectivity index (χ2v) is 5.10. The molecule has 0 aromatic heterocycles. The summed E-state index contributed by atoms with van der Waals surface area (Å²) in [6, 6.07) is 0. The SMILES string of the molecule is CC/C=C\CCCC1=CC=C(I)CC1. The van der Waals surface area contributed by atoms with Crippen molar-refractivity contribution in [1.82, 2.24) is 0 Å². The van der Waals surface area contributed by atoms with Crippen LogP contribution in [0.15, 0.2) is 33.5 Å². The lowest BCUT2D eigenvalue weighted by atomic mass is 9.99. The van der Waals surface area contributed by atoms with Crippen molar-refractivity contribution in [3.8, 4) is 0 Å². The van der Waals surface area contributed by atoms with Crippen LogP contribution in [0, 0.1) is 0 Å². The second kappa shape index (κ2) is 7.27. The van der Waals surface area contributed by atoms with Crippen LogP contribution in [0.5, 0.6) is 0 Å². The Balaban J connectivity index is 2.16. The molecule has 0 aliphatic heterocycles. The zero-order valence-corrected chi connectivity index (χ0v) is 11.1. The first-order valence-corrected chi connectivity index (χ1v) is 6.60. The van der Waals surface area contributed by atoms with Crippen LogP contribution in [-0.4, -0.2) is 0 Å². The van der Waals surface area contributed by atoms with Crippen molar-refractivity contribution in [3.05, 3.63) is 33.5 Å². The van der Waals surface area contributed by atoms with Crippen LogP contribution in [-0.2, 0) is 0 Å². The van der Waals surface area contributed by atoms with E-state index in [0.29, 0.717) is 0 Å². The molecule has 0 unspecified atom stereocenters. The van der Waals surface area contributed by atoms with E-state index in [1.165, 1.54) is 42.1 Å². The van der Waals surface area contributed by atoms with E-state index in [-0.39, 0.29) is 0 Å². The molecular formula is C13H19I. The average Bonchev–Trinajstić information content (AvgIpc) is 2.21. The predicted molar refractivity (Wildman–Crippen MR) is 72.7 cm³/mol. The zero-order valence-electron chi connectivity index (χ0n) is 8.93. The molecule has 0 fully saturated rings. The van der Waals surface area contributed by atoms with E-state index in [4.69, 9.17) is 0 Å². The van der Waals surface area contributed by atoms with E-state index < -0.39 is 0 Å². The minimum atomic E-state index is 1.17. The van der Waals surface area contributed by atoms with Crippen molar-refractivity contribution >= 4 is 22.6 Å². The molecule has 1 rings (SSSR count). The Hall–Kier alpha value is -0.0500. The predicted octanol–water partition coefficient (Wildman–Crippen LogP) is 5.16. The van der Waals surface area contributed by atoms with Gasteiger partial charge < -0.3 is 0 Å². The number of allylic oxidation sites excluding steroid dienone is 6. The first kappa shape index (κ1) is 12.0. The van der Waals surface area contributed by atoms with Crippen molar-refractivity contribution in [3.63, 3.8) is 0 Å². The highest BCUT2D eigenvalue weighted by molar-refractivity contribution is 14.1. The summed E-state index contributed by atoms with van der Waals surface area (Å²) in [5.74, 6) is 0. The third-order valence-corrected chi connectivity index (χ3v) is 3.35. The third kappa shape index (κ3) is 4.99. The molecular weight excluding hydrogens is 283 g/mol. The van der Waals surface area contributed by atoms with Crippen LogP contribution in [0.2, 0.25) is 0 Å². The molecule has 14 heavy (non-hydrogen) atoms.